The molecule has 0 aromatic carbocycles. The first kappa shape index (κ1) is 12.8. The van der Waals surface area contributed by atoms with E-state index in [1.807, 2.05) is 6.20 Å². The van der Waals surface area contributed by atoms with Crippen LogP contribution < -0.4 is 0 Å². The zero-order valence-electron chi connectivity index (χ0n) is 10.6. The van der Waals surface area contributed by atoms with Gasteiger partial charge >= 0.3 is 0 Å². The predicted octanol–water partition coefficient (Wildman–Crippen LogP) is 2.79. The summed E-state index contributed by atoms with van der Waals surface area (Å²) in [4.78, 5) is 10.9. The van der Waals surface area contributed by atoms with Gasteiger partial charge in [-0.15, -0.1) is 0 Å². The van der Waals surface area contributed by atoms with Gasteiger partial charge in [0, 0.05) is 12.2 Å². The average Bonchev–Trinajstić information content (AvgIpc) is 2.29. The monoisotopic (exact) mass is 253 g/mol. The van der Waals surface area contributed by atoms with Crippen LogP contribution in [0.1, 0.15) is 32.4 Å². The van der Waals surface area contributed by atoms with Crippen LogP contribution in [0.3, 0.4) is 0 Å². The maximum absolute atomic E-state index is 5.85. The number of rotatable bonds is 3. The average molecular weight is 254 g/mol. The zero-order valence-corrected chi connectivity index (χ0v) is 11.3. The molecule has 1 aliphatic rings. The van der Waals surface area contributed by atoms with Gasteiger partial charge in [0.25, 0.3) is 0 Å². The number of likely N-dealkylation sites (tertiary alicyclic amines) is 1. The highest BCUT2D eigenvalue weighted by atomic mass is 35.5. The molecule has 0 N–H and O–H groups in total. The van der Waals surface area contributed by atoms with Crippen molar-refractivity contribution in [3.63, 3.8) is 0 Å². The summed E-state index contributed by atoms with van der Waals surface area (Å²) in [6.45, 7) is 6.94. The fourth-order valence-corrected chi connectivity index (χ4v) is 2.61. The number of hydrogen-bond donors (Lipinski definition) is 0. The standard InChI is InChI=1S/C13H20ClN3/c1-10(2)17-5-3-11(4-6-17)7-12-8-15-9-13(14)16-12/h8-11H,3-7H2,1-2H3. The van der Waals surface area contributed by atoms with Gasteiger partial charge in [-0.05, 0) is 52.1 Å². The van der Waals surface area contributed by atoms with Crippen molar-refractivity contribution in [3.8, 4) is 0 Å². The Morgan fingerprint density at radius 2 is 2.06 bits per heavy atom. The van der Waals surface area contributed by atoms with Gasteiger partial charge in [0.05, 0.1) is 11.9 Å². The maximum Gasteiger partial charge on any atom is 0.147 e. The summed E-state index contributed by atoms with van der Waals surface area (Å²) in [5.74, 6) is 0.734. The maximum atomic E-state index is 5.85. The first-order valence-electron chi connectivity index (χ1n) is 6.35. The third kappa shape index (κ3) is 3.65. The molecule has 17 heavy (non-hydrogen) atoms. The second kappa shape index (κ2) is 5.78. The van der Waals surface area contributed by atoms with E-state index in [4.69, 9.17) is 11.6 Å². The summed E-state index contributed by atoms with van der Waals surface area (Å²) in [7, 11) is 0. The summed E-state index contributed by atoms with van der Waals surface area (Å²) in [6.07, 6.45) is 6.95. The van der Waals surface area contributed by atoms with Crippen LogP contribution in [-0.2, 0) is 6.42 Å². The van der Waals surface area contributed by atoms with Crippen LogP contribution in [0.5, 0.6) is 0 Å². The zero-order chi connectivity index (χ0) is 12.3. The SMILES string of the molecule is CC(C)N1CCC(Cc2cncc(Cl)n2)CC1. The third-order valence-electron chi connectivity index (χ3n) is 3.53. The molecule has 1 aromatic rings. The Hall–Kier alpha value is -0.670. The highest BCUT2D eigenvalue weighted by Gasteiger charge is 2.21. The minimum absolute atomic E-state index is 0.502. The smallest absolute Gasteiger partial charge is 0.147 e. The van der Waals surface area contributed by atoms with Crippen molar-refractivity contribution in [3.05, 3.63) is 23.2 Å². The van der Waals surface area contributed by atoms with Crippen LogP contribution in [0.2, 0.25) is 5.15 Å². The normalized spacial score (nSPS) is 18.8. The second-order valence-corrected chi connectivity index (χ2v) is 5.50. The van der Waals surface area contributed by atoms with Gasteiger partial charge in [0.2, 0.25) is 0 Å². The molecule has 0 amide bonds. The Balaban J connectivity index is 1.86. The van der Waals surface area contributed by atoms with E-state index in [1.165, 1.54) is 25.9 Å². The van der Waals surface area contributed by atoms with Crippen molar-refractivity contribution in [1.29, 1.82) is 0 Å². The lowest BCUT2D eigenvalue weighted by atomic mass is 9.92. The molecular weight excluding hydrogens is 234 g/mol. The summed E-state index contributed by atoms with van der Waals surface area (Å²) >= 11 is 5.85. The van der Waals surface area contributed by atoms with Crippen molar-refractivity contribution >= 4 is 11.6 Å². The van der Waals surface area contributed by atoms with Gasteiger partial charge in [0.15, 0.2) is 0 Å². The van der Waals surface area contributed by atoms with Gasteiger partial charge in [-0.1, -0.05) is 11.6 Å². The van der Waals surface area contributed by atoms with Gasteiger partial charge in [0.1, 0.15) is 5.15 Å². The van der Waals surface area contributed by atoms with Crippen molar-refractivity contribution in [2.24, 2.45) is 5.92 Å². The first-order valence-corrected chi connectivity index (χ1v) is 6.73. The van der Waals surface area contributed by atoms with E-state index in [2.05, 4.69) is 28.7 Å². The lowest BCUT2D eigenvalue weighted by molar-refractivity contribution is 0.149. The molecule has 94 valence electrons. The Kier molecular flexibility index (Phi) is 4.35. The molecule has 1 fully saturated rings. The lowest BCUT2D eigenvalue weighted by Gasteiger charge is -2.34. The van der Waals surface area contributed by atoms with E-state index >= 15 is 0 Å². The summed E-state index contributed by atoms with van der Waals surface area (Å²) < 4.78 is 0. The van der Waals surface area contributed by atoms with Gasteiger partial charge in [-0.3, -0.25) is 4.98 Å². The highest BCUT2D eigenvalue weighted by molar-refractivity contribution is 6.29. The molecule has 1 saturated heterocycles. The van der Waals surface area contributed by atoms with Crippen molar-refractivity contribution in [2.45, 2.75) is 39.2 Å². The van der Waals surface area contributed by atoms with E-state index < -0.39 is 0 Å². The Bertz CT molecular complexity index is 359. The Morgan fingerprint density at radius 1 is 1.35 bits per heavy atom. The van der Waals surface area contributed by atoms with Gasteiger partial charge < -0.3 is 4.90 Å². The Labute approximate surface area is 108 Å². The highest BCUT2D eigenvalue weighted by Crippen LogP contribution is 2.22. The number of aromatic nitrogens is 2. The molecule has 4 heteroatoms. The molecule has 0 saturated carbocycles. The molecule has 0 unspecified atom stereocenters. The molecular formula is C13H20ClN3. The van der Waals surface area contributed by atoms with E-state index in [0.717, 1.165) is 18.0 Å². The fourth-order valence-electron chi connectivity index (χ4n) is 2.45. The van der Waals surface area contributed by atoms with Crippen LogP contribution in [0.4, 0.5) is 0 Å². The van der Waals surface area contributed by atoms with E-state index in [0.29, 0.717) is 11.2 Å². The molecule has 0 spiro atoms. The molecule has 2 heterocycles. The second-order valence-electron chi connectivity index (χ2n) is 5.11. The summed E-state index contributed by atoms with van der Waals surface area (Å²) in [5, 5.41) is 0.502. The van der Waals surface area contributed by atoms with Crippen LogP contribution in [-0.4, -0.2) is 34.0 Å². The van der Waals surface area contributed by atoms with Crippen molar-refractivity contribution in [2.75, 3.05) is 13.1 Å². The number of hydrogen-bond acceptors (Lipinski definition) is 3. The van der Waals surface area contributed by atoms with Crippen LogP contribution in [0, 0.1) is 5.92 Å². The third-order valence-corrected chi connectivity index (χ3v) is 3.71. The van der Waals surface area contributed by atoms with Gasteiger partial charge in [-0.2, -0.15) is 0 Å². The number of nitrogens with zero attached hydrogens (tertiary/aromatic N) is 3. The predicted molar refractivity (Wildman–Crippen MR) is 70.2 cm³/mol. The van der Waals surface area contributed by atoms with Crippen LogP contribution >= 0.6 is 11.6 Å². The number of piperidine rings is 1. The topological polar surface area (TPSA) is 29.0 Å². The van der Waals surface area contributed by atoms with E-state index in [-0.39, 0.29) is 0 Å². The molecule has 1 aliphatic heterocycles. The van der Waals surface area contributed by atoms with E-state index in [9.17, 15) is 0 Å². The molecule has 1 aromatic heterocycles. The lowest BCUT2D eigenvalue weighted by Crippen LogP contribution is -2.38. The minimum atomic E-state index is 0.502. The van der Waals surface area contributed by atoms with Crippen molar-refractivity contribution < 1.29 is 0 Å². The Morgan fingerprint density at radius 3 is 2.65 bits per heavy atom. The first-order chi connectivity index (χ1) is 8.15. The largest absolute Gasteiger partial charge is 0.301 e. The van der Waals surface area contributed by atoms with Gasteiger partial charge in [-0.25, -0.2) is 4.98 Å². The fraction of sp³-hybridized carbons (Fsp3) is 0.692. The van der Waals surface area contributed by atoms with Crippen LogP contribution in [0.15, 0.2) is 12.4 Å². The van der Waals surface area contributed by atoms with Crippen molar-refractivity contribution in [1.82, 2.24) is 14.9 Å². The minimum Gasteiger partial charge on any atom is -0.301 e. The van der Waals surface area contributed by atoms with E-state index in [1.54, 1.807) is 6.20 Å². The molecule has 3 nitrogen and oxygen atoms in total. The molecule has 0 atom stereocenters. The molecule has 0 aliphatic carbocycles. The molecule has 0 bridgehead atoms. The van der Waals surface area contributed by atoms with Crippen LogP contribution in [0.25, 0.3) is 0 Å². The molecule has 2 rings (SSSR count). The molecule has 0 radical (unpaired) electrons. The number of halogens is 1. The summed E-state index contributed by atoms with van der Waals surface area (Å²) in [5.41, 5.74) is 1.03. The quantitative estimate of drug-likeness (QED) is 0.830. The summed E-state index contributed by atoms with van der Waals surface area (Å²) in [6, 6.07) is 0.668.